The molecule has 3 nitrogen and oxygen atoms in total. The summed E-state index contributed by atoms with van der Waals surface area (Å²) in [6.45, 7) is 0. The van der Waals surface area contributed by atoms with Gasteiger partial charge in [0.15, 0.2) is 0 Å². The standard InChI is InChI=1S/C9H7NO2S.Na/c11-13(12)8-5-7-3-1-2-4-9(7)10-6-8;/h1-6H,(H,11,12);/q;+1/p-1. The summed E-state index contributed by atoms with van der Waals surface area (Å²) in [6.07, 6.45) is 1.35. The Morgan fingerprint density at radius 3 is 2.71 bits per heavy atom. The Morgan fingerprint density at radius 1 is 1.29 bits per heavy atom. The summed E-state index contributed by atoms with van der Waals surface area (Å²) < 4.78 is 21.2. The molecule has 1 aromatic carbocycles. The molecule has 0 spiro atoms. The molecule has 5 heteroatoms. The Morgan fingerprint density at radius 2 is 2.00 bits per heavy atom. The zero-order valence-electron chi connectivity index (χ0n) is 7.64. The molecule has 1 unspecified atom stereocenters. The number of benzene rings is 1. The molecule has 0 saturated heterocycles. The monoisotopic (exact) mass is 215 g/mol. The summed E-state index contributed by atoms with van der Waals surface area (Å²) in [5.41, 5.74) is 0.803. The molecule has 66 valence electrons. The molecule has 2 rings (SSSR count). The third-order valence-corrected chi connectivity index (χ3v) is 2.37. The molecular weight excluding hydrogens is 209 g/mol. The van der Waals surface area contributed by atoms with Crippen molar-refractivity contribution >= 4 is 22.0 Å². The van der Waals surface area contributed by atoms with Gasteiger partial charge in [-0.2, -0.15) is 0 Å². The van der Waals surface area contributed by atoms with Gasteiger partial charge in [0.2, 0.25) is 0 Å². The van der Waals surface area contributed by atoms with Crippen LogP contribution in [0.3, 0.4) is 0 Å². The van der Waals surface area contributed by atoms with Crippen LogP contribution in [0.2, 0.25) is 0 Å². The van der Waals surface area contributed by atoms with Crippen LogP contribution in [-0.4, -0.2) is 13.7 Å². The van der Waals surface area contributed by atoms with Crippen molar-refractivity contribution in [2.45, 2.75) is 4.90 Å². The quantitative estimate of drug-likeness (QED) is 0.428. The summed E-state index contributed by atoms with van der Waals surface area (Å²) >= 11 is -2.20. The maximum Gasteiger partial charge on any atom is 1.00 e. The van der Waals surface area contributed by atoms with Crippen molar-refractivity contribution < 1.29 is 38.3 Å². The Kier molecular flexibility index (Phi) is 4.22. The number of hydrogen-bond acceptors (Lipinski definition) is 3. The first kappa shape index (κ1) is 11.8. The van der Waals surface area contributed by atoms with Crippen LogP contribution in [0.5, 0.6) is 0 Å². The minimum absolute atomic E-state index is 0. The predicted octanol–water partition coefficient (Wildman–Crippen LogP) is -1.52. The van der Waals surface area contributed by atoms with Crippen molar-refractivity contribution in [1.82, 2.24) is 4.98 Å². The van der Waals surface area contributed by atoms with E-state index in [1.54, 1.807) is 6.07 Å². The van der Waals surface area contributed by atoms with Crippen molar-refractivity contribution in [2.24, 2.45) is 0 Å². The number of para-hydroxylation sites is 1. The summed E-state index contributed by atoms with van der Waals surface area (Å²) in [5.74, 6) is 0. The fourth-order valence-corrected chi connectivity index (χ4v) is 1.50. The Bertz CT molecular complexity index is 475. The Hall–Kier alpha value is -0.260. The molecule has 0 aliphatic heterocycles. The fraction of sp³-hybridized carbons (Fsp3) is 0. The van der Waals surface area contributed by atoms with Gasteiger partial charge in [-0.3, -0.25) is 9.19 Å². The van der Waals surface area contributed by atoms with Gasteiger partial charge in [-0.1, -0.05) is 18.2 Å². The summed E-state index contributed by atoms with van der Waals surface area (Å²) in [6, 6.07) is 8.99. The van der Waals surface area contributed by atoms with Crippen LogP contribution in [0, 0.1) is 0 Å². The molecule has 0 bridgehead atoms. The van der Waals surface area contributed by atoms with Crippen LogP contribution in [0.4, 0.5) is 0 Å². The number of rotatable bonds is 1. The number of aromatic nitrogens is 1. The molecule has 0 fully saturated rings. The molecule has 0 aliphatic rings. The third kappa shape index (κ3) is 2.40. The minimum atomic E-state index is -2.20. The van der Waals surface area contributed by atoms with E-state index in [4.69, 9.17) is 0 Å². The molecule has 0 amide bonds. The topological polar surface area (TPSA) is 53.0 Å². The van der Waals surface area contributed by atoms with Crippen LogP contribution < -0.4 is 29.6 Å². The van der Waals surface area contributed by atoms with E-state index < -0.39 is 11.1 Å². The van der Waals surface area contributed by atoms with Gasteiger partial charge >= 0.3 is 29.6 Å². The van der Waals surface area contributed by atoms with E-state index in [0.717, 1.165) is 10.9 Å². The van der Waals surface area contributed by atoms with Crippen LogP contribution in [-0.2, 0) is 11.1 Å². The number of pyridine rings is 1. The van der Waals surface area contributed by atoms with Gasteiger partial charge in [-0.15, -0.1) is 0 Å². The van der Waals surface area contributed by atoms with Crippen LogP contribution in [0.25, 0.3) is 10.9 Å². The average molecular weight is 215 g/mol. The van der Waals surface area contributed by atoms with Crippen molar-refractivity contribution in [3.8, 4) is 0 Å². The molecule has 1 aromatic heterocycles. The third-order valence-electron chi connectivity index (χ3n) is 1.76. The number of fused-ring (bicyclic) bond motifs is 1. The van der Waals surface area contributed by atoms with Crippen molar-refractivity contribution in [3.05, 3.63) is 36.5 Å². The summed E-state index contributed by atoms with van der Waals surface area (Å²) in [5, 5.41) is 0.837. The molecule has 0 radical (unpaired) electrons. The Balaban J connectivity index is 0.000000980. The molecule has 0 aliphatic carbocycles. The SMILES string of the molecule is O=S([O-])c1cnc2ccccc2c1.[Na+]. The van der Waals surface area contributed by atoms with Gasteiger partial charge in [0, 0.05) is 16.5 Å². The van der Waals surface area contributed by atoms with E-state index >= 15 is 0 Å². The van der Waals surface area contributed by atoms with E-state index in [9.17, 15) is 8.76 Å². The van der Waals surface area contributed by atoms with E-state index in [1.807, 2.05) is 24.3 Å². The molecule has 1 atom stereocenters. The molecule has 0 saturated carbocycles. The van der Waals surface area contributed by atoms with E-state index in [-0.39, 0.29) is 34.5 Å². The molecule has 14 heavy (non-hydrogen) atoms. The molecule has 0 N–H and O–H groups in total. The minimum Gasteiger partial charge on any atom is -0.768 e. The van der Waals surface area contributed by atoms with Gasteiger partial charge in [0.25, 0.3) is 0 Å². The van der Waals surface area contributed by atoms with Crippen LogP contribution in [0.1, 0.15) is 0 Å². The zero-order valence-corrected chi connectivity index (χ0v) is 10.5. The van der Waals surface area contributed by atoms with Gasteiger partial charge < -0.3 is 4.55 Å². The van der Waals surface area contributed by atoms with Gasteiger partial charge in [-0.25, -0.2) is 0 Å². The smallest absolute Gasteiger partial charge is 0.768 e. The van der Waals surface area contributed by atoms with Crippen molar-refractivity contribution in [3.63, 3.8) is 0 Å². The fourth-order valence-electron chi connectivity index (χ4n) is 1.14. The van der Waals surface area contributed by atoms with E-state index in [0.29, 0.717) is 0 Å². The van der Waals surface area contributed by atoms with Crippen molar-refractivity contribution in [2.75, 3.05) is 0 Å². The van der Waals surface area contributed by atoms with Crippen LogP contribution >= 0.6 is 0 Å². The molecule has 1 heterocycles. The van der Waals surface area contributed by atoms with E-state index in [1.165, 1.54) is 6.20 Å². The second kappa shape index (κ2) is 5.00. The summed E-state index contributed by atoms with van der Waals surface area (Å²) in [4.78, 5) is 4.23. The second-order valence-corrected chi connectivity index (χ2v) is 3.54. The number of nitrogens with zero attached hydrogens (tertiary/aromatic N) is 1. The van der Waals surface area contributed by atoms with Crippen molar-refractivity contribution in [1.29, 1.82) is 0 Å². The first-order valence-corrected chi connectivity index (χ1v) is 4.79. The Labute approximate surface area is 106 Å². The van der Waals surface area contributed by atoms with Crippen LogP contribution in [0.15, 0.2) is 41.4 Å². The number of hydrogen-bond donors (Lipinski definition) is 0. The zero-order chi connectivity index (χ0) is 9.26. The second-order valence-electron chi connectivity index (χ2n) is 2.60. The van der Waals surface area contributed by atoms with E-state index in [2.05, 4.69) is 4.98 Å². The largest absolute Gasteiger partial charge is 1.00 e. The van der Waals surface area contributed by atoms with Gasteiger partial charge in [-0.05, 0) is 23.2 Å². The molecular formula is C9H6NNaO2S. The van der Waals surface area contributed by atoms with Gasteiger partial charge in [0.05, 0.1) is 5.52 Å². The predicted molar refractivity (Wildman–Crippen MR) is 48.9 cm³/mol. The van der Waals surface area contributed by atoms with Gasteiger partial charge in [0.1, 0.15) is 0 Å². The molecule has 2 aromatic rings. The first-order chi connectivity index (χ1) is 6.27. The maximum atomic E-state index is 10.6. The average Bonchev–Trinajstić information content (AvgIpc) is 2.17. The first-order valence-electron chi connectivity index (χ1n) is 3.71. The maximum absolute atomic E-state index is 10.6. The summed E-state index contributed by atoms with van der Waals surface area (Å²) in [7, 11) is 0. The normalized spacial score (nSPS) is 12.1.